The molecule has 0 radical (unpaired) electrons. The smallest absolute Gasteiger partial charge is 1.00 e. The minimum absolute atomic E-state index is 0. The van der Waals surface area contributed by atoms with Crippen molar-refractivity contribution >= 4 is 0 Å². The number of hydrogen-bond acceptors (Lipinski definition) is 4. The molecule has 0 heterocycles. The van der Waals surface area contributed by atoms with E-state index < -0.39 is 0 Å². The van der Waals surface area contributed by atoms with Gasteiger partial charge in [0.15, 0.2) is 0 Å². The number of benzene rings is 2. The Morgan fingerprint density at radius 1 is 0.667 bits per heavy atom. The van der Waals surface area contributed by atoms with E-state index in [1.165, 1.54) is 0 Å². The van der Waals surface area contributed by atoms with Gasteiger partial charge < -0.3 is 34.1 Å². The minimum atomic E-state index is -0.387. The Morgan fingerprint density at radius 2 is 0.875 bits per heavy atom. The van der Waals surface area contributed by atoms with Gasteiger partial charge in [0.05, 0.1) is 0 Å². The van der Waals surface area contributed by atoms with Crippen LogP contribution in [-0.2, 0) is 21.1 Å². The third kappa shape index (κ3) is 4.51. The van der Waals surface area contributed by atoms with Crippen LogP contribution in [0.25, 0.3) is 0 Å². The number of halogens is 1. The van der Waals surface area contributed by atoms with Crippen molar-refractivity contribution in [1.29, 1.82) is 0 Å². The summed E-state index contributed by atoms with van der Waals surface area (Å²) in [5.41, 5.74) is 18.5. The third-order valence-electron chi connectivity index (χ3n) is 4.21. The Kier molecular flexibility index (Phi) is 8.47. The molecule has 0 saturated heterocycles. The largest absolute Gasteiger partial charge is 2.00 e. The maximum Gasteiger partial charge on any atom is 2.00 e. The SMILES string of the molecule is Cc1cc(O)cc(C)c1C(N)C(N)c1c(C)cc(O)cc1C.[Cl-].[Pt+2]. The van der Waals surface area contributed by atoms with Crippen molar-refractivity contribution in [2.24, 2.45) is 11.5 Å². The number of rotatable bonds is 3. The van der Waals surface area contributed by atoms with Crippen molar-refractivity contribution in [3.63, 3.8) is 0 Å². The van der Waals surface area contributed by atoms with Crippen molar-refractivity contribution in [3.8, 4) is 11.5 Å². The molecule has 0 aliphatic carbocycles. The molecule has 0 aliphatic heterocycles. The van der Waals surface area contributed by atoms with Crippen LogP contribution in [0, 0.1) is 27.7 Å². The zero-order valence-electron chi connectivity index (χ0n) is 14.2. The molecule has 0 aliphatic rings. The second kappa shape index (κ2) is 8.87. The molecule has 0 saturated carbocycles. The first-order valence-corrected chi connectivity index (χ1v) is 7.33. The summed E-state index contributed by atoms with van der Waals surface area (Å²) in [6, 6.07) is 6.03. The van der Waals surface area contributed by atoms with Crippen molar-refractivity contribution in [2.45, 2.75) is 39.8 Å². The molecule has 134 valence electrons. The Labute approximate surface area is 163 Å². The first-order chi connectivity index (χ1) is 10.2. The van der Waals surface area contributed by atoms with Crippen LogP contribution in [0.1, 0.15) is 45.5 Å². The van der Waals surface area contributed by atoms with Crippen molar-refractivity contribution in [3.05, 3.63) is 57.6 Å². The number of aryl methyl sites for hydroxylation is 4. The van der Waals surface area contributed by atoms with Gasteiger partial charge in [-0.2, -0.15) is 0 Å². The number of aromatic hydroxyl groups is 2. The molecule has 6 N–H and O–H groups in total. The van der Waals surface area contributed by atoms with E-state index in [0.717, 1.165) is 33.4 Å². The molecule has 0 amide bonds. The molecule has 0 bridgehead atoms. The van der Waals surface area contributed by atoms with Gasteiger partial charge in [-0.25, -0.2) is 0 Å². The average molecular weight is 531 g/mol. The second-order valence-corrected chi connectivity index (χ2v) is 6.04. The maximum atomic E-state index is 9.67. The van der Waals surface area contributed by atoms with Crippen LogP contribution in [0.15, 0.2) is 24.3 Å². The topological polar surface area (TPSA) is 92.5 Å². The third-order valence-corrected chi connectivity index (χ3v) is 4.21. The molecule has 24 heavy (non-hydrogen) atoms. The molecule has 0 aromatic heterocycles. The summed E-state index contributed by atoms with van der Waals surface area (Å²) in [6.45, 7) is 7.69. The number of phenols is 2. The van der Waals surface area contributed by atoms with E-state index in [-0.39, 0.29) is 57.1 Å². The quantitative estimate of drug-likeness (QED) is 0.451. The van der Waals surface area contributed by atoms with Gasteiger partial charge in [0.2, 0.25) is 0 Å². The normalized spacial score (nSPS) is 12.8. The van der Waals surface area contributed by atoms with Gasteiger partial charge in [-0.05, 0) is 85.3 Å². The van der Waals surface area contributed by atoms with E-state index in [1.54, 1.807) is 24.3 Å². The Bertz CT molecular complexity index is 615. The van der Waals surface area contributed by atoms with Gasteiger partial charge >= 0.3 is 21.1 Å². The maximum absolute atomic E-state index is 9.67. The summed E-state index contributed by atoms with van der Waals surface area (Å²) < 4.78 is 0. The molecule has 0 fully saturated rings. The fourth-order valence-electron chi connectivity index (χ4n) is 3.31. The van der Waals surface area contributed by atoms with E-state index in [1.807, 2.05) is 27.7 Å². The average Bonchev–Trinajstić information content (AvgIpc) is 2.35. The first-order valence-electron chi connectivity index (χ1n) is 7.33. The summed E-state index contributed by atoms with van der Waals surface area (Å²) >= 11 is 0. The molecule has 2 unspecified atom stereocenters. The van der Waals surface area contributed by atoms with Gasteiger partial charge in [-0.15, -0.1) is 0 Å². The minimum Gasteiger partial charge on any atom is -1.00 e. The second-order valence-electron chi connectivity index (χ2n) is 6.04. The van der Waals surface area contributed by atoms with Crippen LogP contribution in [0.5, 0.6) is 11.5 Å². The van der Waals surface area contributed by atoms with Crippen LogP contribution < -0.4 is 23.9 Å². The number of nitrogens with two attached hydrogens (primary N) is 2. The van der Waals surface area contributed by atoms with Crippen molar-refractivity contribution in [2.75, 3.05) is 0 Å². The zero-order valence-corrected chi connectivity index (χ0v) is 17.2. The Morgan fingerprint density at radius 3 is 1.08 bits per heavy atom. The zero-order chi connectivity index (χ0) is 16.6. The summed E-state index contributed by atoms with van der Waals surface area (Å²) in [4.78, 5) is 0. The van der Waals surface area contributed by atoms with Crippen LogP contribution in [0.3, 0.4) is 0 Å². The molecule has 2 aromatic rings. The summed E-state index contributed by atoms with van der Waals surface area (Å²) in [7, 11) is 0. The number of phenolic OH excluding ortho intramolecular Hbond substituents is 2. The molecule has 2 aromatic carbocycles. The van der Waals surface area contributed by atoms with Crippen LogP contribution in [0.2, 0.25) is 0 Å². The molecular formula is C18H24ClN2O2Pt+. The van der Waals surface area contributed by atoms with E-state index >= 15 is 0 Å². The van der Waals surface area contributed by atoms with E-state index in [9.17, 15) is 10.2 Å². The van der Waals surface area contributed by atoms with Crippen molar-refractivity contribution < 1.29 is 43.7 Å². The number of hydrogen-bond donors (Lipinski definition) is 4. The van der Waals surface area contributed by atoms with Crippen LogP contribution >= 0.6 is 0 Å². The van der Waals surface area contributed by atoms with Gasteiger partial charge in [-0.1, -0.05) is 0 Å². The fourth-order valence-corrected chi connectivity index (χ4v) is 3.31. The van der Waals surface area contributed by atoms with Gasteiger partial charge in [0.25, 0.3) is 0 Å². The molecule has 0 spiro atoms. The summed E-state index contributed by atoms with van der Waals surface area (Å²) in [5.74, 6) is 0.466. The molecule has 6 heteroatoms. The standard InChI is InChI=1S/C18H24N2O2.ClH.Pt/c1-9-5-13(21)6-10(2)15(9)17(19)18(20)16-11(3)7-14(22)8-12(16)4;;/h5-8,17-18,21-22H,19-20H2,1-4H3;1H;/q;;+2/p-1. The van der Waals surface area contributed by atoms with Gasteiger partial charge in [0, 0.05) is 12.1 Å². The Balaban J connectivity index is 0.00000264. The molecular weight excluding hydrogens is 507 g/mol. The van der Waals surface area contributed by atoms with Crippen LogP contribution in [0.4, 0.5) is 0 Å². The molecule has 2 rings (SSSR count). The van der Waals surface area contributed by atoms with E-state index in [4.69, 9.17) is 11.5 Å². The molecule has 2 atom stereocenters. The van der Waals surface area contributed by atoms with E-state index in [0.29, 0.717) is 0 Å². The van der Waals surface area contributed by atoms with Crippen LogP contribution in [-0.4, -0.2) is 10.2 Å². The Hall–Kier alpha value is -1.06. The predicted octanol–water partition coefficient (Wildman–Crippen LogP) is 0.0328. The summed E-state index contributed by atoms with van der Waals surface area (Å²) in [5, 5.41) is 19.3. The first kappa shape index (κ1) is 22.9. The van der Waals surface area contributed by atoms with Crippen molar-refractivity contribution in [1.82, 2.24) is 0 Å². The fraction of sp³-hybridized carbons (Fsp3) is 0.333. The van der Waals surface area contributed by atoms with Gasteiger partial charge in [-0.3, -0.25) is 0 Å². The summed E-state index contributed by atoms with van der Waals surface area (Å²) in [6.07, 6.45) is 0. The monoisotopic (exact) mass is 530 g/mol. The predicted molar refractivity (Wildman–Crippen MR) is 89.0 cm³/mol. The van der Waals surface area contributed by atoms with Gasteiger partial charge in [0.1, 0.15) is 11.5 Å². The van der Waals surface area contributed by atoms with E-state index in [2.05, 4.69) is 0 Å². The molecule has 4 nitrogen and oxygen atoms in total.